The monoisotopic (exact) mass is 150 g/mol. The normalized spacial score (nSPS) is 9.73. The highest BCUT2D eigenvalue weighted by Crippen LogP contribution is 2.12. The van der Waals surface area contributed by atoms with E-state index in [4.69, 9.17) is 5.11 Å². The van der Waals surface area contributed by atoms with Crippen molar-refractivity contribution in [1.29, 1.82) is 0 Å². The zero-order chi connectivity index (χ0) is 8.27. The van der Waals surface area contributed by atoms with E-state index in [1.54, 1.807) is 0 Å². The lowest BCUT2D eigenvalue weighted by atomic mass is 10.2. The van der Waals surface area contributed by atoms with Gasteiger partial charge in [-0.2, -0.15) is 0 Å². The molecule has 1 rings (SSSR count). The lowest BCUT2D eigenvalue weighted by Gasteiger charge is -2.11. The summed E-state index contributed by atoms with van der Waals surface area (Å²) in [5, 5.41) is 8.63. The molecule has 2 nitrogen and oxygen atoms in total. The molecule has 0 saturated carbocycles. The Balaban J connectivity index is 2.83. The van der Waals surface area contributed by atoms with Gasteiger partial charge in [-0.25, -0.2) is 0 Å². The number of anilines is 1. The molecule has 0 fully saturated rings. The molecule has 0 aliphatic carbocycles. The Bertz CT molecular complexity index is 216. The van der Waals surface area contributed by atoms with E-state index in [1.165, 1.54) is 0 Å². The lowest BCUT2D eigenvalue weighted by Crippen LogP contribution is -2.08. The van der Waals surface area contributed by atoms with E-state index in [-0.39, 0.29) is 0 Å². The predicted octanol–water partition coefficient (Wildman–Crippen LogP) is 1.63. The van der Waals surface area contributed by atoms with Crippen molar-refractivity contribution in [2.24, 2.45) is 0 Å². The van der Waals surface area contributed by atoms with Crippen LogP contribution in [-0.2, 0) is 0 Å². The highest BCUT2D eigenvalue weighted by molar-refractivity contribution is 5.46. The molecule has 0 unspecified atom stereocenters. The number of nitrogens with zero attached hydrogens (tertiary/aromatic N) is 1. The van der Waals surface area contributed by atoms with Crippen molar-refractivity contribution in [3.63, 3.8) is 0 Å². The molecular formula is C9H12NO. The zero-order valence-electron chi connectivity index (χ0n) is 6.78. The topological polar surface area (TPSA) is 23.5 Å². The average molecular weight is 150 g/mol. The van der Waals surface area contributed by atoms with Crippen molar-refractivity contribution in [3.05, 3.63) is 36.4 Å². The van der Waals surface area contributed by atoms with Gasteiger partial charge >= 0.3 is 0 Å². The van der Waals surface area contributed by atoms with E-state index in [9.17, 15) is 0 Å². The number of benzene rings is 1. The van der Waals surface area contributed by atoms with Gasteiger partial charge in [0.2, 0.25) is 0 Å². The van der Waals surface area contributed by atoms with Gasteiger partial charge in [-0.15, -0.1) is 0 Å². The molecule has 0 heterocycles. The standard InChI is InChI=1S/C9H12NO/c1-10(2)9-5-3-8(7-11)4-6-9/h3-7,11H,1-2H3. The van der Waals surface area contributed by atoms with E-state index in [0.717, 1.165) is 17.9 Å². The summed E-state index contributed by atoms with van der Waals surface area (Å²) in [5.41, 5.74) is 1.96. The van der Waals surface area contributed by atoms with Crippen molar-refractivity contribution in [3.8, 4) is 0 Å². The van der Waals surface area contributed by atoms with Gasteiger partial charge < -0.3 is 10.0 Å². The maximum atomic E-state index is 8.63. The van der Waals surface area contributed by atoms with Crippen LogP contribution in [0.5, 0.6) is 0 Å². The van der Waals surface area contributed by atoms with Crippen molar-refractivity contribution in [1.82, 2.24) is 0 Å². The van der Waals surface area contributed by atoms with Crippen molar-refractivity contribution >= 4 is 5.69 Å². The van der Waals surface area contributed by atoms with Crippen LogP contribution in [0.2, 0.25) is 0 Å². The van der Waals surface area contributed by atoms with Crippen LogP contribution in [0.25, 0.3) is 0 Å². The van der Waals surface area contributed by atoms with Crippen molar-refractivity contribution < 1.29 is 5.11 Å². The lowest BCUT2D eigenvalue weighted by molar-refractivity contribution is 0.415. The number of hydrogen-bond donors (Lipinski definition) is 1. The van der Waals surface area contributed by atoms with Gasteiger partial charge in [0.25, 0.3) is 0 Å². The predicted molar refractivity (Wildman–Crippen MR) is 46.1 cm³/mol. The van der Waals surface area contributed by atoms with E-state index in [2.05, 4.69) is 0 Å². The first-order chi connectivity index (χ1) is 5.24. The maximum absolute atomic E-state index is 8.63. The number of aliphatic hydroxyl groups excluding tert-OH is 1. The van der Waals surface area contributed by atoms with Gasteiger partial charge in [0.15, 0.2) is 0 Å². The Hall–Kier alpha value is -1.02. The van der Waals surface area contributed by atoms with Gasteiger partial charge in [-0.05, 0) is 17.7 Å². The maximum Gasteiger partial charge on any atom is 0.109 e. The molecule has 1 aromatic rings. The number of rotatable bonds is 2. The first-order valence-corrected chi connectivity index (χ1v) is 3.49. The molecule has 0 amide bonds. The van der Waals surface area contributed by atoms with Gasteiger partial charge in [-0.1, -0.05) is 12.1 Å². The summed E-state index contributed by atoms with van der Waals surface area (Å²) in [6.45, 7) is 1.10. The van der Waals surface area contributed by atoms with Gasteiger partial charge in [0, 0.05) is 19.8 Å². The summed E-state index contributed by atoms with van der Waals surface area (Å²) in [6, 6.07) is 7.66. The fourth-order valence-electron chi connectivity index (χ4n) is 0.859. The van der Waals surface area contributed by atoms with Gasteiger partial charge in [0.1, 0.15) is 6.61 Å². The number of hydrogen-bond acceptors (Lipinski definition) is 2. The molecule has 0 aliphatic rings. The molecule has 0 aliphatic heterocycles. The molecule has 0 aromatic heterocycles. The third-order valence-corrected chi connectivity index (χ3v) is 1.56. The molecule has 0 atom stereocenters. The fourth-order valence-corrected chi connectivity index (χ4v) is 0.859. The van der Waals surface area contributed by atoms with E-state index < -0.39 is 0 Å². The number of aliphatic hydroxyl groups is 1. The van der Waals surface area contributed by atoms with Crippen molar-refractivity contribution in [2.45, 2.75) is 0 Å². The summed E-state index contributed by atoms with van der Waals surface area (Å²) in [4.78, 5) is 2.02. The third-order valence-electron chi connectivity index (χ3n) is 1.56. The molecule has 1 aromatic carbocycles. The van der Waals surface area contributed by atoms with Gasteiger partial charge in [0.05, 0.1) is 0 Å². The minimum absolute atomic E-state index is 0.829. The fraction of sp³-hybridized carbons (Fsp3) is 0.222. The van der Waals surface area contributed by atoms with Crippen LogP contribution in [0, 0.1) is 6.61 Å². The van der Waals surface area contributed by atoms with Crippen LogP contribution < -0.4 is 4.90 Å². The second-order valence-electron chi connectivity index (χ2n) is 2.62. The van der Waals surface area contributed by atoms with Crippen LogP contribution in [0.4, 0.5) is 5.69 Å². The quantitative estimate of drug-likeness (QED) is 0.692. The molecule has 2 heteroatoms. The third kappa shape index (κ3) is 1.95. The molecule has 1 radical (unpaired) electrons. The van der Waals surface area contributed by atoms with Crippen LogP contribution in [0.1, 0.15) is 5.56 Å². The van der Waals surface area contributed by atoms with E-state index in [0.29, 0.717) is 0 Å². The summed E-state index contributed by atoms with van der Waals surface area (Å²) < 4.78 is 0. The molecule has 0 saturated heterocycles. The van der Waals surface area contributed by atoms with E-state index >= 15 is 0 Å². The molecule has 0 spiro atoms. The summed E-state index contributed by atoms with van der Waals surface area (Å²) in [6.07, 6.45) is 0. The van der Waals surface area contributed by atoms with Gasteiger partial charge in [-0.3, -0.25) is 0 Å². The zero-order valence-corrected chi connectivity index (χ0v) is 6.78. The largest absolute Gasteiger partial charge is 0.385 e. The average Bonchev–Trinajstić information content (AvgIpc) is 2.05. The highest BCUT2D eigenvalue weighted by atomic mass is 16.3. The Morgan fingerprint density at radius 1 is 1.18 bits per heavy atom. The second-order valence-corrected chi connectivity index (χ2v) is 2.62. The second kappa shape index (κ2) is 3.39. The van der Waals surface area contributed by atoms with Crippen molar-refractivity contribution in [2.75, 3.05) is 19.0 Å². The Morgan fingerprint density at radius 2 is 1.73 bits per heavy atom. The first-order valence-electron chi connectivity index (χ1n) is 3.49. The molecule has 11 heavy (non-hydrogen) atoms. The van der Waals surface area contributed by atoms with Crippen LogP contribution in [-0.4, -0.2) is 19.2 Å². The Labute approximate surface area is 67.1 Å². The smallest absolute Gasteiger partial charge is 0.109 e. The Kier molecular flexibility index (Phi) is 2.49. The van der Waals surface area contributed by atoms with E-state index in [1.807, 2.05) is 43.3 Å². The minimum atomic E-state index is 0.829. The van der Waals surface area contributed by atoms with Crippen LogP contribution >= 0.6 is 0 Å². The summed E-state index contributed by atoms with van der Waals surface area (Å²) in [7, 11) is 3.97. The van der Waals surface area contributed by atoms with Crippen LogP contribution in [0.3, 0.4) is 0 Å². The SMILES string of the molecule is CN(C)c1ccc([CH]O)cc1. The highest BCUT2D eigenvalue weighted by Gasteiger charge is 1.93. The molecule has 0 bridgehead atoms. The van der Waals surface area contributed by atoms with Crippen LogP contribution in [0.15, 0.2) is 24.3 Å². The molecule has 1 N–H and O–H groups in total. The molecule has 59 valence electrons. The summed E-state index contributed by atoms with van der Waals surface area (Å²) >= 11 is 0. The Morgan fingerprint density at radius 3 is 2.09 bits per heavy atom. The first kappa shape index (κ1) is 8.08. The summed E-state index contributed by atoms with van der Waals surface area (Å²) in [5.74, 6) is 0. The molecular weight excluding hydrogens is 138 g/mol. The minimum Gasteiger partial charge on any atom is -0.385 e.